The van der Waals surface area contributed by atoms with Gasteiger partial charge in [0.1, 0.15) is 11.5 Å². The van der Waals surface area contributed by atoms with Crippen LogP contribution in [0.3, 0.4) is 0 Å². The van der Waals surface area contributed by atoms with Crippen LogP contribution in [-0.4, -0.2) is 12.7 Å². The summed E-state index contributed by atoms with van der Waals surface area (Å²) in [7, 11) is 0. The standard InChI is InChI=1S/C24H16F6N2O2.2ClH/c25-23(26,27)33-21-5-1-19(2-6-21)31-13-9-17(10-14-31)18-11-15-32(16-12-18)20-3-7-22(8-4-20)34-24(28,29)30;;/h1-16H;2*1H/q+2;;/p-2. The molecule has 4 aromatic rings. The molecule has 0 fully saturated rings. The van der Waals surface area contributed by atoms with E-state index in [4.69, 9.17) is 0 Å². The number of nitrogens with zero attached hydrogens (tertiary/aromatic N) is 2. The molecule has 0 saturated heterocycles. The van der Waals surface area contributed by atoms with Crippen LogP contribution in [0, 0.1) is 0 Å². The number of ether oxygens (including phenoxy) is 2. The van der Waals surface area contributed by atoms with Gasteiger partial charge >= 0.3 is 12.7 Å². The van der Waals surface area contributed by atoms with Gasteiger partial charge in [0.05, 0.1) is 0 Å². The van der Waals surface area contributed by atoms with Crippen LogP contribution in [0.1, 0.15) is 0 Å². The Morgan fingerprint density at radius 2 is 0.722 bits per heavy atom. The van der Waals surface area contributed by atoms with Gasteiger partial charge in [-0.2, -0.15) is 9.13 Å². The summed E-state index contributed by atoms with van der Waals surface area (Å²) in [6.45, 7) is 0. The number of hydrogen-bond donors (Lipinski definition) is 0. The van der Waals surface area contributed by atoms with E-state index in [1.165, 1.54) is 48.5 Å². The van der Waals surface area contributed by atoms with Crippen LogP contribution < -0.4 is 43.4 Å². The number of pyridine rings is 2. The number of alkyl halides is 6. The summed E-state index contributed by atoms with van der Waals surface area (Å²) in [5.41, 5.74) is 3.11. The van der Waals surface area contributed by atoms with Gasteiger partial charge < -0.3 is 34.3 Å². The second-order valence-corrected chi connectivity index (χ2v) is 7.07. The van der Waals surface area contributed by atoms with E-state index < -0.39 is 12.7 Å². The molecule has 0 aliphatic rings. The topological polar surface area (TPSA) is 26.2 Å². The number of rotatable bonds is 5. The van der Waals surface area contributed by atoms with Gasteiger partial charge in [-0.25, -0.2) is 0 Å². The lowest BCUT2D eigenvalue weighted by Gasteiger charge is -2.08. The first kappa shape index (κ1) is 28.7. The third-order valence-electron chi connectivity index (χ3n) is 4.73. The molecule has 0 radical (unpaired) electrons. The van der Waals surface area contributed by atoms with E-state index in [1.54, 1.807) is 33.9 Å². The molecule has 0 amide bonds. The molecule has 0 aliphatic carbocycles. The molecule has 0 unspecified atom stereocenters. The first-order valence-electron chi connectivity index (χ1n) is 9.81. The van der Waals surface area contributed by atoms with Crippen molar-refractivity contribution in [3.05, 3.63) is 97.6 Å². The fourth-order valence-corrected chi connectivity index (χ4v) is 3.22. The Bertz CT molecular complexity index is 1150. The van der Waals surface area contributed by atoms with Crippen LogP contribution in [-0.2, 0) is 0 Å². The zero-order chi connectivity index (χ0) is 24.3. The van der Waals surface area contributed by atoms with Gasteiger partial charge in [-0.15, -0.1) is 26.3 Å². The van der Waals surface area contributed by atoms with E-state index in [0.717, 1.165) is 11.1 Å². The Hall–Kier alpha value is -3.50. The van der Waals surface area contributed by atoms with Gasteiger partial charge in [-0.05, 0) is 35.4 Å². The highest BCUT2D eigenvalue weighted by molar-refractivity contribution is 5.61. The third-order valence-corrected chi connectivity index (χ3v) is 4.73. The minimum Gasteiger partial charge on any atom is -1.00 e. The molecular weight excluding hydrogens is 533 g/mol. The molecule has 2 aromatic heterocycles. The van der Waals surface area contributed by atoms with Crippen molar-refractivity contribution in [2.75, 3.05) is 0 Å². The van der Waals surface area contributed by atoms with Crippen molar-refractivity contribution in [1.29, 1.82) is 0 Å². The summed E-state index contributed by atoms with van der Waals surface area (Å²) < 4.78 is 85.0. The number of aromatic nitrogens is 2. The van der Waals surface area contributed by atoms with Gasteiger partial charge in [0.25, 0.3) is 0 Å². The van der Waals surface area contributed by atoms with Crippen molar-refractivity contribution >= 4 is 0 Å². The molecule has 0 spiro atoms. The predicted octanol–water partition coefficient (Wildman–Crippen LogP) is -0.288. The number of halogens is 8. The Labute approximate surface area is 214 Å². The van der Waals surface area contributed by atoms with Crippen LogP contribution in [0.2, 0.25) is 0 Å². The number of hydrogen-bond acceptors (Lipinski definition) is 2. The highest BCUT2D eigenvalue weighted by Crippen LogP contribution is 2.24. The van der Waals surface area contributed by atoms with Crippen LogP contribution in [0.15, 0.2) is 97.6 Å². The smallest absolute Gasteiger partial charge is 0.573 e. The van der Waals surface area contributed by atoms with Gasteiger partial charge in [0.2, 0.25) is 11.4 Å². The molecule has 0 atom stereocenters. The van der Waals surface area contributed by atoms with Crippen molar-refractivity contribution in [3.63, 3.8) is 0 Å². The molecule has 2 heterocycles. The van der Waals surface area contributed by atoms with Crippen molar-refractivity contribution in [1.82, 2.24) is 0 Å². The Balaban J connectivity index is 0.00000228. The van der Waals surface area contributed by atoms with Crippen molar-refractivity contribution < 1.29 is 69.8 Å². The van der Waals surface area contributed by atoms with Crippen molar-refractivity contribution in [2.24, 2.45) is 0 Å². The highest BCUT2D eigenvalue weighted by Gasteiger charge is 2.31. The fraction of sp³-hybridized carbons (Fsp3) is 0.0833. The van der Waals surface area contributed by atoms with Crippen LogP contribution in [0.25, 0.3) is 22.5 Å². The van der Waals surface area contributed by atoms with Gasteiger partial charge in [-0.3, -0.25) is 0 Å². The molecule has 4 rings (SSSR count). The number of benzene rings is 2. The molecule has 0 saturated carbocycles. The fourth-order valence-electron chi connectivity index (χ4n) is 3.22. The lowest BCUT2D eigenvalue weighted by Crippen LogP contribution is -3.00. The van der Waals surface area contributed by atoms with Crippen LogP contribution >= 0.6 is 0 Å². The lowest BCUT2D eigenvalue weighted by molar-refractivity contribution is -0.596. The molecule has 36 heavy (non-hydrogen) atoms. The molecule has 0 aliphatic heterocycles. The Morgan fingerprint density at radius 3 is 0.972 bits per heavy atom. The molecule has 4 nitrogen and oxygen atoms in total. The molecular formula is C24H16Cl2F6N2O2. The summed E-state index contributed by atoms with van der Waals surface area (Å²) in [6.07, 6.45) is -2.39. The lowest BCUT2D eigenvalue weighted by atomic mass is 10.1. The minimum absolute atomic E-state index is 0. The zero-order valence-electron chi connectivity index (χ0n) is 18.0. The molecule has 12 heteroatoms. The van der Waals surface area contributed by atoms with Gasteiger partial charge in [0, 0.05) is 48.5 Å². The first-order valence-corrected chi connectivity index (χ1v) is 9.81. The second kappa shape index (κ2) is 11.5. The average Bonchev–Trinajstić information content (AvgIpc) is 2.78. The van der Waals surface area contributed by atoms with E-state index in [9.17, 15) is 26.3 Å². The normalized spacial score (nSPS) is 11.2. The average molecular weight is 549 g/mol. The van der Waals surface area contributed by atoms with Crippen molar-refractivity contribution in [2.45, 2.75) is 12.7 Å². The Kier molecular flexibility index (Phi) is 9.17. The third kappa shape index (κ3) is 7.76. The molecule has 0 bridgehead atoms. The SMILES string of the molecule is FC(F)(F)Oc1ccc(-[n+]2ccc(-c3cc[n+](-c4ccc(OC(F)(F)F)cc4)cc3)cc2)cc1.[Cl-].[Cl-]. The first-order chi connectivity index (χ1) is 16.1. The maximum Gasteiger partial charge on any atom is 0.573 e. The summed E-state index contributed by atoms with van der Waals surface area (Å²) in [4.78, 5) is 0. The predicted molar refractivity (Wildman–Crippen MR) is 108 cm³/mol. The maximum absolute atomic E-state index is 12.3. The quantitative estimate of drug-likeness (QED) is 0.253. The highest BCUT2D eigenvalue weighted by atomic mass is 35.5. The summed E-state index contributed by atoms with van der Waals surface area (Å²) in [6, 6.07) is 18.4. The molecule has 0 N–H and O–H groups in total. The van der Waals surface area contributed by atoms with Gasteiger partial charge in [0.15, 0.2) is 24.8 Å². The summed E-state index contributed by atoms with van der Waals surface area (Å²) in [5.74, 6) is -0.595. The van der Waals surface area contributed by atoms with Gasteiger partial charge in [-0.1, -0.05) is 0 Å². The van der Waals surface area contributed by atoms with E-state index in [-0.39, 0.29) is 36.3 Å². The largest absolute Gasteiger partial charge is 1.00 e. The van der Waals surface area contributed by atoms with E-state index in [1.807, 2.05) is 24.3 Å². The van der Waals surface area contributed by atoms with Crippen molar-refractivity contribution in [3.8, 4) is 34.0 Å². The van der Waals surface area contributed by atoms with E-state index >= 15 is 0 Å². The zero-order valence-corrected chi connectivity index (χ0v) is 19.5. The Morgan fingerprint density at radius 1 is 0.444 bits per heavy atom. The summed E-state index contributed by atoms with van der Waals surface area (Å²) in [5, 5.41) is 0. The van der Waals surface area contributed by atoms with Crippen LogP contribution in [0.4, 0.5) is 26.3 Å². The monoisotopic (exact) mass is 548 g/mol. The van der Waals surface area contributed by atoms with E-state index in [2.05, 4.69) is 9.47 Å². The maximum atomic E-state index is 12.3. The second-order valence-electron chi connectivity index (χ2n) is 7.07. The molecule has 2 aromatic carbocycles. The molecule has 190 valence electrons. The van der Waals surface area contributed by atoms with Crippen LogP contribution in [0.5, 0.6) is 11.5 Å². The summed E-state index contributed by atoms with van der Waals surface area (Å²) >= 11 is 0. The van der Waals surface area contributed by atoms with E-state index in [0.29, 0.717) is 11.4 Å². The minimum atomic E-state index is -4.74.